The molecular weight excluding hydrogens is 210 g/mol. The van der Waals surface area contributed by atoms with Gasteiger partial charge >= 0.3 is 0 Å². The molecule has 17 heavy (non-hydrogen) atoms. The first-order chi connectivity index (χ1) is 8.20. The molecule has 3 nitrogen and oxygen atoms in total. The summed E-state index contributed by atoms with van der Waals surface area (Å²) in [6.45, 7) is 5.01. The van der Waals surface area contributed by atoms with E-state index in [1.165, 1.54) is 16.9 Å². The smallest absolute Gasteiger partial charge is 0.0597 e. The number of anilines is 1. The van der Waals surface area contributed by atoms with Crippen LogP contribution in [0.25, 0.3) is 0 Å². The number of hydrogen-bond donors (Lipinski definition) is 1. The zero-order chi connectivity index (χ0) is 12.3. The zero-order valence-corrected chi connectivity index (χ0v) is 10.7. The molecule has 0 bridgehead atoms. The largest absolute Gasteiger partial charge is 0.379 e. The normalized spacial score (nSPS) is 10.5. The molecule has 2 aromatic rings. The first-order valence-electron chi connectivity index (χ1n) is 6.02. The van der Waals surface area contributed by atoms with Crippen molar-refractivity contribution in [1.29, 1.82) is 0 Å². The molecule has 0 unspecified atom stereocenters. The van der Waals surface area contributed by atoms with Crippen LogP contribution in [0.4, 0.5) is 5.69 Å². The highest BCUT2D eigenvalue weighted by Crippen LogP contribution is 2.16. The minimum atomic E-state index is 0.814. The van der Waals surface area contributed by atoms with E-state index in [2.05, 4.69) is 47.7 Å². The Labute approximate surface area is 102 Å². The maximum absolute atomic E-state index is 4.34. The van der Waals surface area contributed by atoms with Crippen LogP contribution in [0.15, 0.2) is 30.3 Å². The van der Waals surface area contributed by atoms with Crippen molar-refractivity contribution >= 4 is 5.69 Å². The first-order valence-corrected chi connectivity index (χ1v) is 6.02. The van der Waals surface area contributed by atoms with Gasteiger partial charge in [-0.15, -0.1) is 0 Å². The Morgan fingerprint density at radius 3 is 2.71 bits per heavy atom. The molecule has 0 amide bonds. The minimum absolute atomic E-state index is 0.814. The number of hydrogen-bond acceptors (Lipinski definition) is 2. The Bertz CT molecular complexity index is 500. The summed E-state index contributed by atoms with van der Waals surface area (Å²) in [6, 6.07) is 10.6. The molecule has 0 radical (unpaired) electrons. The predicted molar refractivity (Wildman–Crippen MR) is 71.1 cm³/mol. The number of rotatable bonds is 4. The molecule has 3 heteroatoms. The molecule has 0 aliphatic rings. The van der Waals surface area contributed by atoms with Gasteiger partial charge in [-0.2, -0.15) is 5.10 Å². The van der Waals surface area contributed by atoms with Crippen molar-refractivity contribution in [2.45, 2.75) is 26.8 Å². The van der Waals surface area contributed by atoms with Crippen LogP contribution >= 0.6 is 0 Å². The highest BCUT2D eigenvalue weighted by molar-refractivity contribution is 5.51. The van der Waals surface area contributed by atoms with Gasteiger partial charge in [0.1, 0.15) is 0 Å². The highest BCUT2D eigenvalue weighted by atomic mass is 15.3. The summed E-state index contributed by atoms with van der Waals surface area (Å²) >= 11 is 0. The van der Waals surface area contributed by atoms with E-state index < -0.39 is 0 Å². The molecule has 1 aromatic carbocycles. The SMILES string of the molecule is CCc1ccccc1NCc1cc(C)nn1C. The molecule has 0 atom stereocenters. The molecule has 1 N–H and O–H groups in total. The van der Waals surface area contributed by atoms with Crippen molar-refractivity contribution in [3.8, 4) is 0 Å². The van der Waals surface area contributed by atoms with Gasteiger partial charge < -0.3 is 5.32 Å². The van der Waals surface area contributed by atoms with Crippen LogP contribution in [0.2, 0.25) is 0 Å². The van der Waals surface area contributed by atoms with E-state index in [4.69, 9.17) is 0 Å². The lowest BCUT2D eigenvalue weighted by Gasteiger charge is -2.10. The average molecular weight is 229 g/mol. The second-order valence-electron chi connectivity index (χ2n) is 4.26. The summed E-state index contributed by atoms with van der Waals surface area (Å²) in [5.41, 5.74) is 4.83. The van der Waals surface area contributed by atoms with Crippen molar-refractivity contribution in [2.24, 2.45) is 7.05 Å². The van der Waals surface area contributed by atoms with Gasteiger partial charge in [-0.1, -0.05) is 25.1 Å². The summed E-state index contributed by atoms with van der Waals surface area (Å²) in [4.78, 5) is 0. The number of benzene rings is 1. The van der Waals surface area contributed by atoms with Crippen molar-refractivity contribution in [1.82, 2.24) is 9.78 Å². The molecule has 0 spiro atoms. The minimum Gasteiger partial charge on any atom is -0.379 e. The van der Waals surface area contributed by atoms with Crippen LogP contribution in [0.3, 0.4) is 0 Å². The first kappa shape index (κ1) is 11.7. The summed E-state index contributed by atoms with van der Waals surface area (Å²) in [6.07, 6.45) is 1.05. The molecule has 0 fully saturated rings. The number of para-hydroxylation sites is 1. The van der Waals surface area contributed by atoms with Crippen molar-refractivity contribution in [3.05, 3.63) is 47.3 Å². The van der Waals surface area contributed by atoms with Gasteiger partial charge in [0, 0.05) is 12.7 Å². The van der Waals surface area contributed by atoms with E-state index in [1.807, 2.05) is 18.7 Å². The van der Waals surface area contributed by atoms with Gasteiger partial charge in [0.25, 0.3) is 0 Å². The van der Waals surface area contributed by atoms with Crippen LogP contribution in [-0.4, -0.2) is 9.78 Å². The molecule has 1 aromatic heterocycles. The van der Waals surface area contributed by atoms with Gasteiger partial charge in [0.2, 0.25) is 0 Å². The van der Waals surface area contributed by atoms with Gasteiger partial charge in [-0.05, 0) is 31.0 Å². The van der Waals surface area contributed by atoms with E-state index >= 15 is 0 Å². The Balaban J connectivity index is 2.09. The molecule has 1 heterocycles. The highest BCUT2D eigenvalue weighted by Gasteiger charge is 2.03. The van der Waals surface area contributed by atoms with Crippen molar-refractivity contribution < 1.29 is 0 Å². The third-order valence-electron chi connectivity index (χ3n) is 2.96. The summed E-state index contributed by atoms with van der Waals surface area (Å²) in [5.74, 6) is 0. The second kappa shape index (κ2) is 5.04. The molecule has 90 valence electrons. The Kier molecular flexibility index (Phi) is 3.47. The summed E-state index contributed by atoms with van der Waals surface area (Å²) in [7, 11) is 1.98. The van der Waals surface area contributed by atoms with E-state index in [1.54, 1.807) is 0 Å². The van der Waals surface area contributed by atoms with E-state index in [-0.39, 0.29) is 0 Å². The third-order valence-corrected chi connectivity index (χ3v) is 2.96. The summed E-state index contributed by atoms with van der Waals surface area (Å²) in [5, 5.41) is 7.82. The molecule has 0 aliphatic carbocycles. The van der Waals surface area contributed by atoms with Gasteiger partial charge in [-0.25, -0.2) is 0 Å². The third kappa shape index (κ3) is 2.67. The Morgan fingerprint density at radius 2 is 2.06 bits per heavy atom. The Morgan fingerprint density at radius 1 is 1.29 bits per heavy atom. The van der Waals surface area contributed by atoms with Crippen LogP contribution in [0.1, 0.15) is 23.9 Å². The van der Waals surface area contributed by atoms with Crippen LogP contribution in [0, 0.1) is 6.92 Å². The fourth-order valence-electron chi connectivity index (χ4n) is 2.02. The van der Waals surface area contributed by atoms with E-state index in [0.29, 0.717) is 0 Å². The molecule has 0 saturated heterocycles. The molecule has 0 aliphatic heterocycles. The van der Waals surface area contributed by atoms with Gasteiger partial charge in [0.15, 0.2) is 0 Å². The van der Waals surface area contributed by atoms with Crippen molar-refractivity contribution in [2.75, 3.05) is 5.32 Å². The lowest BCUT2D eigenvalue weighted by Crippen LogP contribution is -2.06. The Hall–Kier alpha value is -1.77. The fraction of sp³-hybridized carbons (Fsp3) is 0.357. The molecule has 0 saturated carbocycles. The lowest BCUT2D eigenvalue weighted by molar-refractivity contribution is 0.713. The van der Waals surface area contributed by atoms with Crippen LogP contribution < -0.4 is 5.32 Å². The number of nitrogens with one attached hydrogen (secondary N) is 1. The topological polar surface area (TPSA) is 29.9 Å². The maximum Gasteiger partial charge on any atom is 0.0597 e. The maximum atomic E-state index is 4.34. The number of nitrogens with zero attached hydrogens (tertiary/aromatic N) is 2. The number of aromatic nitrogens is 2. The predicted octanol–water partition coefficient (Wildman–Crippen LogP) is 2.90. The lowest BCUT2D eigenvalue weighted by atomic mass is 10.1. The second-order valence-corrected chi connectivity index (χ2v) is 4.26. The van der Waals surface area contributed by atoms with Gasteiger partial charge in [0.05, 0.1) is 17.9 Å². The van der Waals surface area contributed by atoms with E-state index in [9.17, 15) is 0 Å². The molecule has 2 rings (SSSR count). The van der Waals surface area contributed by atoms with Gasteiger partial charge in [-0.3, -0.25) is 4.68 Å². The van der Waals surface area contributed by atoms with Crippen molar-refractivity contribution in [3.63, 3.8) is 0 Å². The average Bonchev–Trinajstić information content (AvgIpc) is 2.65. The van der Waals surface area contributed by atoms with E-state index in [0.717, 1.165) is 18.7 Å². The fourth-order valence-corrected chi connectivity index (χ4v) is 2.02. The standard InChI is InChI=1S/C14H19N3/c1-4-12-7-5-6-8-14(12)15-10-13-9-11(2)16-17(13)3/h5-9,15H,4,10H2,1-3H3. The molecular formula is C14H19N3. The summed E-state index contributed by atoms with van der Waals surface area (Å²) < 4.78 is 1.93. The monoisotopic (exact) mass is 229 g/mol. The van der Waals surface area contributed by atoms with Crippen LogP contribution in [0.5, 0.6) is 0 Å². The quantitative estimate of drug-likeness (QED) is 0.873. The number of aryl methyl sites for hydroxylation is 3. The zero-order valence-electron chi connectivity index (χ0n) is 10.7. The van der Waals surface area contributed by atoms with Crippen LogP contribution in [-0.2, 0) is 20.0 Å².